The van der Waals surface area contributed by atoms with Gasteiger partial charge in [-0.3, -0.25) is 4.79 Å². The summed E-state index contributed by atoms with van der Waals surface area (Å²) in [5.74, 6) is 0.157. The first-order valence-electron chi connectivity index (χ1n) is 6.51. The van der Waals surface area contributed by atoms with Crippen molar-refractivity contribution < 1.29 is 9.53 Å². The van der Waals surface area contributed by atoms with Crippen LogP contribution in [-0.4, -0.2) is 22.5 Å². The highest BCUT2D eigenvalue weighted by molar-refractivity contribution is 5.92. The molecule has 1 N–H and O–H groups in total. The molecule has 0 bridgehead atoms. The van der Waals surface area contributed by atoms with Gasteiger partial charge in [0, 0.05) is 6.07 Å². The third-order valence-corrected chi connectivity index (χ3v) is 2.81. The fourth-order valence-electron chi connectivity index (χ4n) is 1.79. The number of amides is 1. The van der Waals surface area contributed by atoms with Crippen LogP contribution in [0.2, 0.25) is 0 Å². The predicted molar refractivity (Wildman–Crippen MR) is 75.5 cm³/mol. The summed E-state index contributed by atoms with van der Waals surface area (Å²) in [5, 5.41) is 2.90. The minimum atomic E-state index is -0.246. The Bertz CT molecular complexity index is 572. The maximum Gasteiger partial charge on any atom is 0.270 e. The minimum Gasteiger partial charge on any atom is -0.478 e. The van der Waals surface area contributed by atoms with E-state index in [4.69, 9.17) is 4.74 Å². The summed E-state index contributed by atoms with van der Waals surface area (Å²) in [5.41, 5.74) is 1.34. The van der Waals surface area contributed by atoms with Crippen LogP contribution in [-0.2, 0) is 0 Å². The van der Waals surface area contributed by atoms with Crippen molar-refractivity contribution in [1.29, 1.82) is 0 Å². The van der Waals surface area contributed by atoms with Gasteiger partial charge in [0.2, 0.25) is 5.88 Å². The van der Waals surface area contributed by atoms with E-state index in [1.165, 1.54) is 12.4 Å². The van der Waals surface area contributed by atoms with E-state index < -0.39 is 0 Å². The van der Waals surface area contributed by atoms with Gasteiger partial charge in [-0.15, -0.1) is 0 Å². The predicted octanol–water partition coefficient (Wildman–Crippen LogP) is 2.37. The molecule has 0 radical (unpaired) electrons. The number of nitrogens with zero attached hydrogens (tertiary/aromatic N) is 2. The summed E-state index contributed by atoms with van der Waals surface area (Å²) in [4.78, 5) is 20.0. The summed E-state index contributed by atoms with van der Waals surface area (Å²) in [7, 11) is 0. The normalized spacial score (nSPS) is 11.7. The second-order valence-corrected chi connectivity index (χ2v) is 4.28. The first kappa shape index (κ1) is 14.0. The molecule has 0 aliphatic heterocycles. The maximum absolute atomic E-state index is 12.1. The van der Waals surface area contributed by atoms with Crippen molar-refractivity contribution in [2.24, 2.45) is 0 Å². The SMILES string of the molecule is CCOc1cc(C(=O)NC(C)c2ccccc2)ncn1. The number of ether oxygens (including phenoxy) is 1. The monoisotopic (exact) mass is 271 g/mol. The third-order valence-electron chi connectivity index (χ3n) is 2.81. The van der Waals surface area contributed by atoms with Gasteiger partial charge in [-0.25, -0.2) is 9.97 Å². The van der Waals surface area contributed by atoms with Crippen molar-refractivity contribution in [2.75, 3.05) is 6.61 Å². The Morgan fingerprint density at radius 2 is 2.05 bits per heavy atom. The van der Waals surface area contributed by atoms with Gasteiger partial charge >= 0.3 is 0 Å². The van der Waals surface area contributed by atoms with Crippen molar-refractivity contribution in [1.82, 2.24) is 15.3 Å². The Hall–Kier alpha value is -2.43. The van der Waals surface area contributed by atoms with Gasteiger partial charge in [-0.1, -0.05) is 30.3 Å². The zero-order valence-corrected chi connectivity index (χ0v) is 11.5. The van der Waals surface area contributed by atoms with Crippen molar-refractivity contribution >= 4 is 5.91 Å². The molecule has 1 unspecified atom stereocenters. The molecule has 0 fully saturated rings. The molecule has 2 aromatic rings. The molecular weight excluding hydrogens is 254 g/mol. The quantitative estimate of drug-likeness (QED) is 0.906. The minimum absolute atomic E-state index is 0.0887. The van der Waals surface area contributed by atoms with E-state index in [1.54, 1.807) is 0 Å². The third kappa shape index (κ3) is 3.54. The van der Waals surface area contributed by atoms with Gasteiger partial charge in [-0.2, -0.15) is 0 Å². The highest BCUT2D eigenvalue weighted by Gasteiger charge is 2.13. The van der Waals surface area contributed by atoms with E-state index in [9.17, 15) is 4.79 Å². The topological polar surface area (TPSA) is 64.1 Å². The van der Waals surface area contributed by atoms with Gasteiger partial charge < -0.3 is 10.1 Å². The smallest absolute Gasteiger partial charge is 0.270 e. The molecule has 1 aromatic heterocycles. The van der Waals surface area contributed by atoms with Gasteiger partial charge in [-0.05, 0) is 19.4 Å². The number of hydrogen-bond donors (Lipinski definition) is 1. The number of aromatic nitrogens is 2. The molecule has 0 saturated heterocycles. The Labute approximate surface area is 118 Å². The molecule has 2 rings (SSSR count). The Morgan fingerprint density at radius 1 is 1.30 bits per heavy atom. The molecule has 5 nitrogen and oxygen atoms in total. The lowest BCUT2D eigenvalue weighted by Gasteiger charge is -2.14. The molecule has 0 spiro atoms. The number of rotatable bonds is 5. The van der Waals surface area contributed by atoms with Gasteiger partial charge in [0.1, 0.15) is 12.0 Å². The van der Waals surface area contributed by atoms with Gasteiger partial charge in [0.25, 0.3) is 5.91 Å². The van der Waals surface area contributed by atoms with Crippen LogP contribution in [0, 0.1) is 0 Å². The average molecular weight is 271 g/mol. The van der Waals surface area contributed by atoms with E-state index >= 15 is 0 Å². The standard InChI is InChI=1S/C15H17N3O2/c1-3-20-14-9-13(16-10-17-14)15(19)18-11(2)12-7-5-4-6-8-12/h4-11H,3H2,1-2H3,(H,18,19). The number of hydrogen-bond acceptors (Lipinski definition) is 4. The molecule has 5 heteroatoms. The number of carbonyl (C=O) groups is 1. The Kier molecular flexibility index (Phi) is 4.65. The highest BCUT2D eigenvalue weighted by Crippen LogP contribution is 2.13. The summed E-state index contributed by atoms with van der Waals surface area (Å²) >= 11 is 0. The van der Waals surface area contributed by atoms with Crippen LogP contribution >= 0.6 is 0 Å². The van der Waals surface area contributed by atoms with Crippen LogP contribution in [0.3, 0.4) is 0 Å². The molecule has 1 heterocycles. The molecule has 20 heavy (non-hydrogen) atoms. The molecule has 1 atom stereocenters. The lowest BCUT2D eigenvalue weighted by molar-refractivity contribution is 0.0934. The van der Waals surface area contributed by atoms with Crippen LogP contribution in [0.5, 0.6) is 5.88 Å². The van der Waals surface area contributed by atoms with Gasteiger partial charge in [0.05, 0.1) is 12.6 Å². The molecule has 1 aromatic carbocycles. The lowest BCUT2D eigenvalue weighted by Crippen LogP contribution is -2.27. The van der Waals surface area contributed by atoms with Crippen molar-refractivity contribution in [3.63, 3.8) is 0 Å². The fourth-order valence-corrected chi connectivity index (χ4v) is 1.79. The van der Waals surface area contributed by atoms with Crippen molar-refractivity contribution in [3.05, 3.63) is 54.0 Å². The molecular formula is C15H17N3O2. The van der Waals surface area contributed by atoms with Crippen LogP contribution in [0.15, 0.2) is 42.7 Å². The summed E-state index contributed by atoms with van der Waals surface area (Å²) < 4.78 is 5.26. The highest BCUT2D eigenvalue weighted by atomic mass is 16.5. The Balaban J connectivity index is 2.06. The summed E-state index contributed by atoms with van der Waals surface area (Å²) in [6.07, 6.45) is 1.33. The molecule has 0 aliphatic rings. The Morgan fingerprint density at radius 3 is 2.75 bits per heavy atom. The van der Waals surface area contributed by atoms with Crippen LogP contribution < -0.4 is 10.1 Å². The van der Waals surface area contributed by atoms with E-state index in [-0.39, 0.29) is 11.9 Å². The second-order valence-electron chi connectivity index (χ2n) is 4.28. The maximum atomic E-state index is 12.1. The molecule has 104 valence electrons. The number of nitrogens with one attached hydrogen (secondary N) is 1. The van der Waals surface area contributed by atoms with Crippen molar-refractivity contribution in [2.45, 2.75) is 19.9 Å². The van der Waals surface area contributed by atoms with E-state index in [0.717, 1.165) is 5.56 Å². The molecule has 1 amide bonds. The molecule has 0 aliphatic carbocycles. The zero-order chi connectivity index (χ0) is 14.4. The van der Waals surface area contributed by atoms with Crippen LogP contribution in [0.4, 0.5) is 0 Å². The van der Waals surface area contributed by atoms with Crippen molar-refractivity contribution in [3.8, 4) is 5.88 Å². The van der Waals surface area contributed by atoms with E-state index in [1.807, 2.05) is 44.2 Å². The lowest BCUT2D eigenvalue weighted by atomic mass is 10.1. The van der Waals surface area contributed by atoms with Gasteiger partial charge in [0.15, 0.2) is 0 Å². The summed E-state index contributed by atoms with van der Waals surface area (Å²) in [6, 6.07) is 11.2. The van der Waals surface area contributed by atoms with E-state index in [0.29, 0.717) is 18.2 Å². The second kappa shape index (κ2) is 6.65. The number of carbonyl (C=O) groups excluding carboxylic acids is 1. The van der Waals surface area contributed by atoms with E-state index in [2.05, 4.69) is 15.3 Å². The van der Waals surface area contributed by atoms with Crippen LogP contribution in [0.25, 0.3) is 0 Å². The average Bonchev–Trinajstić information content (AvgIpc) is 2.48. The summed E-state index contributed by atoms with van der Waals surface area (Å²) in [6.45, 7) is 4.29. The largest absolute Gasteiger partial charge is 0.478 e. The van der Waals surface area contributed by atoms with Crippen LogP contribution in [0.1, 0.15) is 35.9 Å². The molecule has 0 saturated carbocycles. The fraction of sp³-hybridized carbons (Fsp3) is 0.267. The first-order valence-corrected chi connectivity index (χ1v) is 6.51. The first-order chi connectivity index (χ1) is 9.70. The zero-order valence-electron chi connectivity index (χ0n) is 11.5. The number of benzene rings is 1.